The van der Waals surface area contributed by atoms with Crippen LogP contribution in [0, 0.1) is 6.92 Å². The second kappa shape index (κ2) is 9.29. The van der Waals surface area contributed by atoms with Gasteiger partial charge in [-0.25, -0.2) is 0 Å². The predicted octanol–water partition coefficient (Wildman–Crippen LogP) is 0.0784. The number of ether oxygens (including phenoxy) is 2. The standard InChI is InChI=1S/C23H29N3O3/c1-18-4-2-5-19(14-18)16-25-8-10-26(11-9-25)17-23(27)24-20-6-7-21-22(15-20)29-13-3-12-28-21/h2,4-7,14-15H,3,8-13,16-17H2,1H3,(H,24,27)/p+2. The van der Waals surface area contributed by atoms with E-state index in [4.69, 9.17) is 9.47 Å². The third-order valence-electron chi connectivity index (χ3n) is 5.64. The van der Waals surface area contributed by atoms with Crippen molar-refractivity contribution in [2.24, 2.45) is 0 Å². The van der Waals surface area contributed by atoms with E-state index in [-0.39, 0.29) is 5.91 Å². The number of carbonyl (C=O) groups is 1. The van der Waals surface area contributed by atoms with Crippen molar-refractivity contribution in [3.63, 3.8) is 0 Å². The highest BCUT2D eigenvalue weighted by molar-refractivity contribution is 5.91. The Balaban J connectivity index is 1.24. The first-order chi connectivity index (χ1) is 14.2. The van der Waals surface area contributed by atoms with Gasteiger partial charge in [0.25, 0.3) is 5.91 Å². The van der Waals surface area contributed by atoms with Crippen LogP contribution in [-0.2, 0) is 11.3 Å². The lowest BCUT2D eigenvalue weighted by Crippen LogP contribution is -3.28. The Kier molecular flexibility index (Phi) is 6.32. The summed E-state index contributed by atoms with van der Waals surface area (Å²) in [7, 11) is 0. The molecule has 0 saturated carbocycles. The van der Waals surface area contributed by atoms with Crippen LogP contribution in [0.25, 0.3) is 0 Å². The van der Waals surface area contributed by atoms with Gasteiger partial charge in [0, 0.05) is 23.7 Å². The van der Waals surface area contributed by atoms with Gasteiger partial charge in [-0.1, -0.05) is 29.8 Å². The molecule has 154 valence electrons. The third kappa shape index (κ3) is 5.49. The minimum atomic E-state index is 0.0524. The van der Waals surface area contributed by atoms with Crippen LogP contribution in [0.1, 0.15) is 17.5 Å². The Morgan fingerprint density at radius 2 is 1.72 bits per heavy atom. The third-order valence-corrected chi connectivity index (χ3v) is 5.64. The molecule has 0 bridgehead atoms. The molecule has 2 aliphatic rings. The van der Waals surface area contributed by atoms with E-state index in [0.29, 0.717) is 25.5 Å². The topological polar surface area (TPSA) is 56.4 Å². The van der Waals surface area contributed by atoms with Crippen molar-refractivity contribution in [3.05, 3.63) is 53.6 Å². The second-order valence-electron chi connectivity index (χ2n) is 8.10. The molecule has 4 rings (SSSR count). The highest BCUT2D eigenvalue weighted by Crippen LogP contribution is 2.32. The molecule has 0 aromatic heterocycles. The minimum Gasteiger partial charge on any atom is -0.490 e. The second-order valence-corrected chi connectivity index (χ2v) is 8.10. The first kappa shape index (κ1) is 19.7. The first-order valence-corrected chi connectivity index (χ1v) is 10.6. The number of rotatable bonds is 5. The summed E-state index contributed by atoms with van der Waals surface area (Å²) in [6.07, 6.45) is 0.873. The molecule has 6 nitrogen and oxygen atoms in total. The Morgan fingerprint density at radius 1 is 0.966 bits per heavy atom. The van der Waals surface area contributed by atoms with Gasteiger partial charge in [-0.15, -0.1) is 0 Å². The van der Waals surface area contributed by atoms with Crippen LogP contribution in [0.2, 0.25) is 0 Å². The molecule has 6 heteroatoms. The van der Waals surface area contributed by atoms with Crippen LogP contribution in [-0.4, -0.2) is 51.8 Å². The number of piperazine rings is 1. The number of benzene rings is 2. The van der Waals surface area contributed by atoms with Crippen molar-refractivity contribution < 1.29 is 24.1 Å². The number of nitrogens with one attached hydrogen (secondary N) is 3. The Morgan fingerprint density at radius 3 is 2.52 bits per heavy atom. The number of carbonyl (C=O) groups excluding carboxylic acids is 1. The fraction of sp³-hybridized carbons (Fsp3) is 0.435. The summed E-state index contributed by atoms with van der Waals surface area (Å²) in [4.78, 5) is 15.5. The molecule has 2 aromatic carbocycles. The number of hydrogen-bond acceptors (Lipinski definition) is 3. The maximum Gasteiger partial charge on any atom is 0.279 e. The maximum atomic E-state index is 12.5. The molecule has 0 aliphatic carbocycles. The van der Waals surface area contributed by atoms with Crippen molar-refractivity contribution in [2.75, 3.05) is 51.3 Å². The molecule has 29 heavy (non-hydrogen) atoms. The summed E-state index contributed by atoms with van der Waals surface area (Å²) in [5.74, 6) is 1.51. The van der Waals surface area contributed by atoms with Crippen molar-refractivity contribution in [1.82, 2.24) is 0 Å². The monoisotopic (exact) mass is 397 g/mol. The zero-order valence-corrected chi connectivity index (χ0v) is 17.1. The van der Waals surface area contributed by atoms with E-state index in [2.05, 4.69) is 36.5 Å². The van der Waals surface area contributed by atoms with Crippen LogP contribution in [0.15, 0.2) is 42.5 Å². The number of anilines is 1. The van der Waals surface area contributed by atoms with E-state index in [1.165, 1.54) is 16.0 Å². The van der Waals surface area contributed by atoms with Gasteiger partial charge in [-0.2, -0.15) is 0 Å². The molecule has 2 aliphatic heterocycles. The highest BCUT2D eigenvalue weighted by atomic mass is 16.5. The lowest BCUT2D eigenvalue weighted by molar-refractivity contribution is -1.02. The quantitative estimate of drug-likeness (QED) is 0.670. The van der Waals surface area contributed by atoms with Crippen LogP contribution in [0.3, 0.4) is 0 Å². The highest BCUT2D eigenvalue weighted by Gasteiger charge is 2.25. The van der Waals surface area contributed by atoms with E-state index in [9.17, 15) is 4.79 Å². The molecule has 1 amide bonds. The van der Waals surface area contributed by atoms with Gasteiger partial charge in [0.15, 0.2) is 18.0 Å². The summed E-state index contributed by atoms with van der Waals surface area (Å²) in [5.41, 5.74) is 3.48. The molecule has 0 atom stereocenters. The Labute approximate surface area is 172 Å². The number of quaternary nitrogens is 2. The average Bonchev–Trinajstić information content (AvgIpc) is 2.94. The van der Waals surface area contributed by atoms with Crippen molar-refractivity contribution >= 4 is 11.6 Å². The van der Waals surface area contributed by atoms with Crippen LogP contribution in [0.5, 0.6) is 11.5 Å². The molecule has 0 unspecified atom stereocenters. The number of fused-ring (bicyclic) bond motifs is 1. The van der Waals surface area contributed by atoms with Gasteiger partial charge in [0.05, 0.1) is 13.2 Å². The maximum absolute atomic E-state index is 12.5. The molecule has 2 aromatic rings. The summed E-state index contributed by atoms with van der Waals surface area (Å²) < 4.78 is 11.3. The van der Waals surface area contributed by atoms with Gasteiger partial charge >= 0.3 is 0 Å². The molecule has 2 heterocycles. The van der Waals surface area contributed by atoms with Crippen molar-refractivity contribution in [2.45, 2.75) is 19.9 Å². The van der Waals surface area contributed by atoms with Gasteiger partial charge in [-0.05, 0) is 19.1 Å². The number of amides is 1. The van der Waals surface area contributed by atoms with E-state index in [1.54, 1.807) is 4.90 Å². The predicted molar refractivity (Wildman–Crippen MR) is 112 cm³/mol. The Bertz CT molecular complexity index is 847. The largest absolute Gasteiger partial charge is 0.490 e. The fourth-order valence-corrected chi connectivity index (χ4v) is 4.09. The summed E-state index contributed by atoms with van der Waals surface area (Å²) >= 11 is 0. The number of hydrogen-bond donors (Lipinski definition) is 3. The SMILES string of the molecule is Cc1cccc(C[NH+]2CC[NH+](CC(=O)Nc3ccc4c(c3)OCCCO4)CC2)c1. The zero-order valence-electron chi connectivity index (χ0n) is 17.1. The normalized spacial score (nSPS) is 21.3. The number of aryl methyl sites for hydroxylation is 1. The van der Waals surface area contributed by atoms with E-state index in [0.717, 1.165) is 50.6 Å². The van der Waals surface area contributed by atoms with Crippen molar-refractivity contribution in [1.29, 1.82) is 0 Å². The molecule has 3 N–H and O–H groups in total. The van der Waals surface area contributed by atoms with Gasteiger partial charge in [0.2, 0.25) is 0 Å². The zero-order chi connectivity index (χ0) is 20.1. The lowest BCUT2D eigenvalue weighted by atomic mass is 10.1. The van der Waals surface area contributed by atoms with Crippen LogP contribution in [0.4, 0.5) is 5.69 Å². The smallest absolute Gasteiger partial charge is 0.279 e. The first-order valence-electron chi connectivity index (χ1n) is 10.6. The molecular formula is C23H31N3O3+2. The summed E-state index contributed by atoms with van der Waals surface area (Å²) in [6, 6.07) is 14.4. The average molecular weight is 398 g/mol. The van der Waals surface area contributed by atoms with Gasteiger partial charge < -0.3 is 24.6 Å². The fourth-order valence-electron chi connectivity index (χ4n) is 4.09. The molecule has 0 radical (unpaired) electrons. The minimum absolute atomic E-state index is 0.0524. The van der Waals surface area contributed by atoms with Crippen molar-refractivity contribution in [3.8, 4) is 11.5 Å². The van der Waals surface area contributed by atoms with E-state index >= 15 is 0 Å². The Hall–Kier alpha value is -2.57. The molecule has 1 fully saturated rings. The van der Waals surface area contributed by atoms with E-state index < -0.39 is 0 Å². The summed E-state index contributed by atoms with van der Waals surface area (Å²) in [5, 5.41) is 3.01. The van der Waals surface area contributed by atoms with Crippen LogP contribution >= 0.6 is 0 Å². The molecule has 0 spiro atoms. The molecular weight excluding hydrogens is 366 g/mol. The molecule has 1 saturated heterocycles. The van der Waals surface area contributed by atoms with Gasteiger partial charge in [0.1, 0.15) is 32.7 Å². The van der Waals surface area contributed by atoms with Gasteiger partial charge in [-0.3, -0.25) is 4.79 Å². The summed E-state index contributed by atoms with van der Waals surface area (Å²) in [6.45, 7) is 9.27. The van der Waals surface area contributed by atoms with Crippen LogP contribution < -0.4 is 24.6 Å². The lowest BCUT2D eigenvalue weighted by Gasteiger charge is -2.29. The van der Waals surface area contributed by atoms with E-state index in [1.807, 2.05) is 18.2 Å².